The highest BCUT2D eigenvalue weighted by atomic mass is 16.7. The van der Waals surface area contributed by atoms with Crippen LogP contribution in [0, 0.1) is 0 Å². The summed E-state index contributed by atoms with van der Waals surface area (Å²) in [4.78, 5) is 25.4. The van der Waals surface area contributed by atoms with Crippen molar-refractivity contribution in [2.24, 2.45) is 0 Å². The van der Waals surface area contributed by atoms with Crippen LogP contribution in [0.4, 0.5) is 0 Å². The van der Waals surface area contributed by atoms with E-state index in [1.165, 1.54) is 154 Å². The summed E-state index contributed by atoms with van der Waals surface area (Å²) in [5, 5.41) is 40.2. The fourth-order valence-corrected chi connectivity index (χ4v) is 8.09. The van der Waals surface area contributed by atoms with Crippen LogP contribution in [0.25, 0.3) is 0 Å². The number of aliphatic hydroxyl groups is 4. The predicted molar refractivity (Wildman–Crippen MR) is 261 cm³/mol. The van der Waals surface area contributed by atoms with Crippen LogP contribution in [0.15, 0.2) is 36.5 Å². The number of rotatable bonds is 45. The molecule has 1 heterocycles. The van der Waals surface area contributed by atoms with Crippen LogP contribution in [0.5, 0.6) is 0 Å². The number of hydrogen-bond acceptors (Lipinski definition) is 10. The highest BCUT2D eigenvalue weighted by Gasteiger charge is 2.44. The number of aliphatic hydroxyl groups excluding tert-OH is 4. The molecule has 0 aliphatic carbocycles. The van der Waals surface area contributed by atoms with Crippen molar-refractivity contribution >= 4 is 11.9 Å². The molecule has 64 heavy (non-hydrogen) atoms. The van der Waals surface area contributed by atoms with Crippen molar-refractivity contribution in [2.75, 3.05) is 19.8 Å². The van der Waals surface area contributed by atoms with E-state index in [2.05, 4.69) is 50.3 Å². The minimum Gasteiger partial charge on any atom is -0.462 e. The second kappa shape index (κ2) is 44.7. The normalized spacial score (nSPS) is 19.6. The largest absolute Gasteiger partial charge is 0.462 e. The van der Waals surface area contributed by atoms with Gasteiger partial charge in [0.05, 0.1) is 13.2 Å². The Bertz CT molecular complexity index is 1140. The maximum Gasteiger partial charge on any atom is 0.306 e. The highest BCUT2D eigenvalue weighted by molar-refractivity contribution is 5.70. The summed E-state index contributed by atoms with van der Waals surface area (Å²) in [5.41, 5.74) is 0. The van der Waals surface area contributed by atoms with E-state index in [0.29, 0.717) is 12.8 Å². The zero-order valence-electron chi connectivity index (χ0n) is 41.0. The van der Waals surface area contributed by atoms with E-state index in [9.17, 15) is 30.0 Å². The van der Waals surface area contributed by atoms with Crippen molar-refractivity contribution < 1.29 is 49.0 Å². The van der Waals surface area contributed by atoms with Gasteiger partial charge in [0.2, 0.25) is 0 Å². The first-order valence-electron chi connectivity index (χ1n) is 26.6. The van der Waals surface area contributed by atoms with E-state index in [0.717, 1.165) is 44.9 Å². The van der Waals surface area contributed by atoms with Crippen LogP contribution < -0.4 is 0 Å². The second-order valence-corrected chi connectivity index (χ2v) is 18.3. The third-order valence-electron chi connectivity index (χ3n) is 12.3. The Morgan fingerprint density at radius 1 is 0.484 bits per heavy atom. The zero-order valence-corrected chi connectivity index (χ0v) is 41.0. The van der Waals surface area contributed by atoms with Crippen molar-refractivity contribution in [2.45, 2.75) is 275 Å². The lowest BCUT2D eigenvalue weighted by Crippen LogP contribution is -2.59. The summed E-state index contributed by atoms with van der Waals surface area (Å²) in [7, 11) is 0. The summed E-state index contributed by atoms with van der Waals surface area (Å²) in [6, 6.07) is 0. The molecule has 0 bridgehead atoms. The fraction of sp³-hybridized carbons (Fsp3) is 0.852. The van der Waals surface area contributed by atoms with Crippen LogP contribution >= 0.6 is 0 Å². The van der Waals surface area contributed by atoms with Crippen molar-refractivity contribution in [3.63, 3.8) is 0 Å². The van der Waals surface area contributed by atoms with E-state index in [1.54, 1.807) is 0 Å². The van der Waals surface area contributed by atoms with E-state index in [-0.39, 0.29) is 26.1 Å². The molecule has 0 spiro atoms. The van der Waals surface area contributed by atoms with Gasteiger partial charge in [-0.25, -0.2) is 0 Å². The Morgan fingerprint density at radius 2 is 0.891 bits per heavy atom. The number of carbonyl (C=O) groups is 2. The molecule has 0 aromatic carbocycles. The summed E-state index contributed by atoms with van der Waals surface area (Å²) in [6.07, 6.45) is 45.9. The smallest absolute Gasteiger partial charge is 0.306 e. The van der Waals surface area contributed by atoms with Crippen molar-refractivity contribution in [3.05, 3.63) is 36.5 Å². The van der Waals surface area contributed by atoms with Gasteiger partial charge in [-0.15, -0.1) is 0 Å². The lowest BCUT2D eigenvalue weighted by Gasteiger charge is -2.39. The van der Waals surface area contributed by atoms with E-state index >= 15 is 0 Å². The molecule has 4 N–H and O–H groups in total. The van der Waals surface area contributed by atoms with Gasteiger partial charge in [0.1, 0.15) is 31.0 Å². The average Bonchev–Trinajstić information content (AvgIpc) is 3.29. The zero-order chi connectivity index (χ0) is 46.6. The van der Waals surface area contributed by atoms with Crippen molar-refractivity contribution in [1.82, 2.24) is 0 Å². The molecule has 1 aliphatic rings. The van der Waals surface area contributed by atoms with Gasteiger partial charge in [-0.2, -0.15) is 0 Å². The van der Waals surface area contributed by atoms with E-state index in [1.807, 2.05) is 0 Å². The Hall–Kier alpha value is -2.08. The van der Waals surface area contributed by atoms with Crippen molar-refractivity contribution in [3.8, 4) is 0 Å². The first-order chi connectivity index (χ1) is 31.3. The number of esters is 2. The van der Waals surface area contributed by atoms with Crippen LogP contribution in [0.3, 0.4) is 0 Å². The van der Waals surface area contributed by atoms with Gasteiger partial charge in [-0.1, -0.05) is 217 Å². The van der Waals surface area contributed by atoms with Gasteiger partial charge in [0.15, 0.2) is 12.4 Å². The van der Waals surface area contributed by atoms with Crippen LogP contribution in [0.1, 0.15) is 239 Å². The Labute approximate surface area is 391 Å². The van der Waals surface area contributed by atoms with Crippen LogP contribution in [-0.4, -0.2) is 89.0 Å². The molecule has 374 valence electrons. The third-order valence-corrected chi connectivity index (χ3v) is 12.3. The molecule has 1 saturated heterocycles. The second-order valence-electron chi connectivity index (χ2n) is 18.3. The molecule has 2 unspecified atom stereocenters. The van der Waals surface area contributed by atoms with Crippen LogP contribution in [0.2, 0.25) is 0 Å². The average molecular weight is 907 g/mol. The molecule has 10 nitrogen and oxygen atoms in total. The molecule has 6 atom stereocenters. The van der Waals surface area contributed by atoms with Crippen molar-refractivity contribution in [1.29, 1.82) is 0 Å². The molecule has 0 amide bonds. The minimum absolute atomic E-state index is 0.206. The standard InChI is InChI=1S/C54H98O10/c1-3-5-7-9-11-13-15-17-19-21-22-23-24-25-27-29-31-33-35-37-39-41-43-50(57)63-47(46-62-54-53(60)52(59)51(58)48(44-55)64-54)45-61-49(56)42-40-38-36-34-32-30-28-26-20-18-16-14-12-10-8-6-4-2/h18,20,28,30,34,36,47-48,51-55,58-60H,3-17,19,21-27,29,31-33,35,37-46H2,1-2H3/b20-18+,30-28+,36-34+/t47-,48-,51+,52?,53?,54-/m1/s1. The maximum atomic E-state index is 12.8. The van der Waals surface area contributed by atoms with Gasteiger partial charge >= 0.3 is 11.9 Å². The molecule has 1 rings (SSSR count). The van der Waals surface area contributed by atoms with Crippen LogP contribution in [-0.2, 0) is 28.5 Å². The summed E-state index contributed by atoms with van der Waals surface area (Å²) in [5.74, 6) is -0.857. The topological polar surface area (TPSA) is 152 Å². The molecule has 0 saturated carbocycles. The Kier molecular flexibility index (Phi) is 41.9. The molecule has 0 aromatic rings. The highest BCUT2D eigenvalue weighted by Crippen LogP contribution is 2.23. The van der Waals surface area contributed by atoms with Gasteiger partial charge < -0.3 is 39.4 Å². The van der Waals surface area contributed by atoms with Gasteiger partial charge in [0.25, 0.3) is 0 Å². The molecular weight excluding hydrogens is 809 g/mol. The third kappa shape index (κ3) is 35.2. The maximum absolute atomic E-state index is 12.8. The summed E-state index contributed by atoms with van der Waals surface area (Å²) >= 11 is 0. The molecule has 0 aromatic heterocycles. The lowest BCUT2D eigenvalue weighted by molar-refractivity contribution is -0.305. The quantitative estimate of drug-likeness (QED) is 0.0264. The molecular formula is C54H98O10. The number of allylic oxidation sites excluding steroid dienone is 6. The molecule has 0 radical (unpaired) electrons. The molecule has 1 aliphatic heterocycles. The summed E-state index contributed by atoms with van der Waals surface area (Å²) < 4.78 is 22.2. The van der Waals surface area contributed by atoms with E-state index in [4.69, 9.17) is 18.9 Å². The predicted octanol–water partition coefficient (Wildman–Crippen LogP) is 12.6. The summed E-state index contributed by atoms with van der Waals surface area (Å²) in [6.45, 7) is 3.40. The number of carbonyl (C=O) groups excluding carboxylic acids is 2. The number of unbranched alkanes of at least 4 members (excludes halogenated alkanes) is 28. The Morgan fingerprint density at radius 3 is 1.36 bits per heavy atom. The first-order valence-corrected chi connectivity index (χ1v) is 26.6. The SMILES string of the molecule is CCCCCCCC/C=C/C/C=C/C/C=C/CCCC(=O)OC[C@H](CO[C@@H]1O[C@H](CO)[C@H](O)C(O)C1O)OC(=O)CCCCCCCCCCCCCCCCCCCCCCCC. The monoisotopic (exact) mass is 907 g/mol. The fourth-order valence-electron chi connectivity index (χ4n) is 8.09. The van der Waals surface area contributed by atoms with Gasteiger partial charge in [-0.05, 0) is 44.9 Å². The van der Waals surface area contributed by atoms with E-state index < -0.39 is 55.4 Å². The number of hydrogen-bond donors (Lipinski definition) is 4. The number of ether oxygens (including phenoxy) is 4. The Balaban J connectivity index is 2.26. The molecule has 10 heteroatoms. The lowest BCUT2D eigenvalue weighted by atomic mass is 9.99. The molecule has 1 fully saturated rings. The van der Waals surface area contributed by atoms with Gasteiger partial charge in [-0.3, -0.25) is 9.59 Å². The minimum atomic E-state index is -1.60. The first kappa shape index (κ1) is 59.9. The van der Waals surface area contributed by atoms with Gasteiger partial charge in [0, 0.05) is 12.8 Å².